The quantitative estimate of drug-likeness (QED) is 0.361. The molecule has 2 fully saturated rings. The van der Waals surface area contributed by atoms with Crippen molar-refractivity contribution in [3.8, 4) is 0 Å². The van der Waals surface area contributed by atoms with E-state index in [0.29, 0.717) is 18.0 Å². The zero-order chi connectivity index (χ0) is 26.3. The van der Waals surface area contributed by atoms with Crippen molar-refractivity contribution >= 4 is 17.0 Å². The van der Waals surface area contributed by atoms with Crippen molar-refractivity contribution in [2.24, 2.45) is 11.3 Å². The number of piperidine rings is 1. The summed E-state index contributed by atoms with van der Waals surface area (Å²) < 4.78 is 42.0. The van der Waals surface area contributed by atoms with E-state index in [1.165, 1.54) is 12.5 Å². The molecule has 5 nitrogen and oxygen atoms in total. The second-order valence-corrected chi connectivity index (χ2v) is 12.4. The van der Waals surface area contributed by atoms with Crippen molar-refractivity contribution in [3.05, 3.63) is 69.4 Å². The molecule has 0 bridgehead atoms. The summed E-state index contributed by atoms with van der Waals surface area (Å²) in [6.07, 6.45) is 1.30. The molecule has 0 radical (unpaired) electrons. The molecule has 198 valence electrons. The Labute approximate surface area is 220 Å². The number of alkyl halides is 3. The zero-order valence-corrected chi connectivity index (χ0v) is 22.4. The molecule has 3 heterocycles. The minimum atomic E-state index is -4.46. The van der Waals surface area contributed by atoms with E-state index in [-0.39, 0.29) is 23.1 Å². The lowest BCUT2D eigenvalue weighted by atomic mass is 9.52. The van der Waals surface area contributed by atoms with Gasteiger partial charge in [0, 0.05) is 25.0 Å². The Balaban J connectivity index is 1.34. The van der Waals surface area contributed by atoms with Gasteiger partial charge in [0.25, 0.3) is 0 Å². The van der Waals surface area contributed by atoms with Crippen molar-refractivity contribution in [2.45, 2.75) is 71.1 Å². The van der Waals surface area contributed by atoms with Gasteiger partial charge in [0.05, 0.1) is 23.2 Å². The van der Waals surface area contributed by atoms with Gasteiger partial charge in [-0.25, -0.2) is 0 Å². The summed E-state index contributed by atoms with van der Waals surface area (Å²) >= 11 is 1.55. The topological polar surface area (TPSA) is 53.9 Å². The van der Waals surface area contributed by atoms with Crippen LogP contribution in [-0.4, -0.2) is 33.2 Å². The Morgan fingerprint density at radius 1 is 1.19 bits per heavy atom. The lowest BCUT2D eigenvalue weighted by molar-refractivity contribution is -0.138. The molecule has 0 amide bonds. The van der Waals surface area contributed by atoms with Gasteiger partial charge in [-0.2, -0.15) is 13.2 Å². The highest BCUT2D eigenvalue weighted by Crippen LogP contribution is 2.59. The van der Waals surface area contributed by atoms with Crippen molar-refractivity contribution < 1.29 is 13.2 Å². The summed E-state index contributed by atoms with van der Waals surface area (Å²) in [4.78, 5) is 6.50. The van der Waals surface area contributed by atoms with Crippen LogP contribution in [0.1, 0.15) is 73.8 Å². The van der Waals surface area contributed by atoms with Crippen LogP contribution in [0.15, 0.2) is 42.0 Å². The van der Waals surface area contributed by atoms with E-state index >= 15 is 0 Å². The number of nitrogens with zero attached hydrogens (tertiary/aromatic N) is 4. The minimum Gasteiger partial charge on any atom is -0.379 e. The smallest absolute Gasteiger partial charge is 0.379 e. The number of hydrogen-bond donors (Lipinski definition) is 1. The fourth-order valence-corrected chi connectivity index (χ4v) is 7.03. The maximum absolute atomic E-state index is 14.0. The van der Waals surface area contributed by atoms with Crippen LogP contribution in [0.4, 0.5) is 18.9 Å². The molecule has 0 spiro atoms. The van der Waals surface area contributed by atoms with Crippen LogP contribution < -0.4 is 5.32 Å². The van der Waals surface area contributed by atoms with Gasteiger partial charge in [-0.05, 0) is 72.9 Å². The fourth-order valence-electron chi connectivity index (χ4n) is 6.25. The molecule has 2 aliphatic rings. The molecule has 1 aliphatic carbocycles. The molecular weight excluding hydrogens is 495 g/mol. The lowest BCUT2D eigenvalue weighted by Gasteiger charge is -2.52. The van der Waals surface area contributed by atoms with Gasteiger partial charge < -0.3 is 5.32 Å². The third kappa shape index (κ3) is 5.67. The van der Waals surface area contributed by atoms with Gasteiger partial charge in [-0.3, -0.25) is 9.88 Å². The number of hydrogen-bond acceptors (Lipinski definition) is 6. The van der Waals surface area contributed by atoms with Crippen LogP contribution in [0.5, 0.6) is 0 Å². The summed E-state index contributed by atoms with van der Waals surface area (Å²) in [5.74, 6) is 0.569. The number of anilines is 1. The van der Waals surface area contributed by atoms with Crippen molar-refractivity contribution in [1.29, 1.82) is 0 Å². The third-order valence-corrected chi connectivity index (χ3v) is 8.58. The van der Waals surface area contributed by atoms with E-state index < -0.39 is 11.7 Å². The molecule has 0 unspecified atom stereocenters. The van der Waals surface area contributed by atoms with Crippen LogP contribution in [0.2, 0.25) is 0 Å². The first-order valence-electron chi connectivity index (χ1n) is 12.9. The van der Waals surface area contributed by atoms with Gasteiger partial charge in [-0.1, -0.05) is 32.9 Å². The molecule has 1 saturated carbocycles. The number of likely N-dealkylation sites (tertiary alicyclic amines) is 1. The van der Waals surface area contributed by atoms with Crippen molar-refractivity contribution in [3.63, 3.8) is 0 Å². The van der Waals surface area contributed by atoms with E-state index in [4.69, 9.17) is 0 Å². The first-order valence-corrected chi connectivity index (χ1v) is 13.8. The molecule has 1 saturated heterocycles. The predicted octanol–water partition coefficient (Wildman–Crippen LogP) is 6.90. The first kappa shape index (κ1) is 26.1. The van der Waals surface area contributed by atoms with Crippen LogP contribution in [-0.2, 0) is 24.7 Å². The highest BCUT2D eigenvalue weighted by Gasteiger charge is 2.53. The maximum atomic E-state index is 14.0. The van der Waals surface area contributed by atoms with E-state index in [0.717, 1.165) is 48.6 Å². The Kier molecular flexibility index (Phi) is 7.04. The fraction of sp³-hybridized carbons (Fsp3) is 0.536. The average Bonchev–Trinajstić information content (AvgIpc) is 3.36. The highest BCUT2D eigenvalue weighted by atomic mass is 32.1. The Bertz CT molecular complexity index is 1220. The number of pyridine rings is 1. The number of nitrogens with one attached hydrogen (secondary N) is 1. The van der Waals surface area contributed by atoms with E-state index in [1.54, 1.807) is 23.0 Å². The SMILES string of the molecule is C[C@H]1CCCN(Cc2cnc(CNc3cccc(C4(c5nncs5)CC(C)(C)C4)c3)c(C(F)(F)F)c2)C1. The normalized spacial score (nSPS) is 21.4. The van der Waals surface area contributed by atoms with Crippen LogP contribution in [0.3, 0.4) is 0 Å². The molecular formula is C28H34F3N5S. The Morgan fingerprint density at radius 2 is 2.00 bits per heavy atom. The van der Waals surface area contributed by atoms with Crippen molar-refractivity contribution in [1.82, 2.24) is 20.1 Å². The molecule has 37 heavy (non-hydrogen) atoms. The highest BCUT2D eigenvalue weighted by molar-refractivity contribution is 7.09. The van der Waals surface area contributed by atoms with Gasteiger partial charge in [0.2, 0.25) is 0 Å². The summed E-state index contributed by atoms with van der Waals surface area (Å²) in [6, 6.07) is 9.24. The van der Waals surface area contributed by atoms with Gasteiger partial charge in [-0.15, -0.1) is 21.5 Å². The molecule has 5 rings (SSSR count). The van der Waals surface area contributed by atoms with Crippen LogP contribution in [0.25, 0.3) is 0 Å². The Hall–Kier alpha value is -2.52. The largest absolute Gasteiger partial charge is 0.418 e. The number of rotatable bonds is 7. The second-order valence-electron chi connectivity index (χ2n) is 11.6. The lowest BCUT2D eigenvalue weighted by Crippen LogP contribution is -2.47. The standard InChI is InChI=1S/C28H34F3N5S/c1-19-6-5-9-36(14-19)15-20-10-23(28(29,30)31)24(33-12-20)13-32-22-8-4-7-21(11-22)27(16-26(2,3)17-27)25-35-34-18-37-25/h4,7-8,10-12,18-19,32H,5-6,9,13-17H2,1-3H3/t19-/m0/s1. The molecule has 3 aromatic rings. The van der Waals surface area contributed by atoms with E-state index in [1.807, 2.05) is 18.2 Å². The number of benzene rings is 1. The molecule has 1 atom stereocenters. The van der Waals surface area contributed by atoms with Crippen LogP contribution in [0, 0.1) is 11.3 Å². The molecule has 1 N–H and O–H groups in total. The first-order chi connectivity index (χ1) is 17.5. The van der Waals surface area contributed by atoms with E-state index in [2.05, 4.69) is 52.2 Å². The van der Waals surface area contributed by atoms with Gasteiger partial charge >= 0.3 is 6.18 Å². The predicted molar refractivity (Wildman–Crippen MR) is 140 cm³/mol. The number of halogens is 3. The summed E-state index contributed by atoms with van der Waals surface area (Å²) in [5.41, 5.74) is 3.60. The van der Waals surface area contributed by atoms with Crippen LogP contribution >= 0.6 is 11.3 Å². The number of aromatic nitrogens is 3. The van der Waals surface area contributed by atoms with E-state index in [9.17, 15) is 13.2 Å². The summed E-state index contributed by atoms with van der Waals surface area (Å²) in [6.45, 7) is 9.01. The minimum absolute atomic E-state index is 0.00335. The van der Waals surface area contributed by atoms with Gasteiger partial charge in [0.15, 0.2) is 0 Å². The molecule has 1 aromatic carbocycles. The third-order valence-electron chi connectivity index (χ3n) is 7.68. The average molecular weight is 530 g/mol. The van der Waals surface area contributed by atoms with Gasteiger partial charge in [0.1, 0.15) is 10.5 Å². The molecule has 9 heteroatoms. The Morgan fingerprint density at radius 3 is 2.68 bits per heavy atom. The monoisotopic (exact) mass is 529 g/mol. The molecule has 1 aliphatic heterocycles. The second kappa shape index (κ2) is 9.98. The summed E-state index contributed by atoms with van der Waals surface area (Å²) in [5, 5.41) is 12.6. The molecule has 2 aromatic heterocycles. The zero-order valence-electron chi connectivity index (χ0n) is 21.6. The van der Waals surface area contributed by atoms with Crippen molar-refractivity contribution in [2.75, 3.05) is 18.4 Å². The summed E-state index contributed by atoms with van der Waals surface area (Å²) in [7, 11) is 0. The maximum Gasteiger partial charge on any atom is 0.418 e.